The smallest absolute Gasteiger partial charge is 0.306 e. The van der Waals surface area contributed by atoms with Gasteiger partial charge in [-0.1, -0.05) is 18.2 Å². The van der Waals surface area contributed by atoms with Crippen LogP contribution < -0.4 is 0 Å². The van der Waals surface area contributed by atoms with E-state index in [2.05, 4.69) is 4.90 Å². The number of nitrogens with zero attached hydrogens (tertiary/aromatic N) is 2. The molecule has 7 heteroatoms. The van der Waals surface area contributed by atoms with Crippen molar-refractivity contribution in [3.63, 3.8) is 0 Å². The lowest BCUT2D eigenvalue weighted by Crippen LogP contribution is -2.38. The van der Waals surface area contributed by atoms with Gasteiger partial charge in [-0.15, -0.1) is 12.4 Å². The molecule has 1 saturated heterocycles. The van der Waals surface area contributed by atoms with E-state index in [1.807, 2.05) is 6.92 Å². The first-order valence-corrected chi connectivity index (χ1v) is 6.71. The van der Waals surface area contributed by atoms with Crippen LogP contribution in [0.1, 0.15) is 31.4 Å². The van der Waals surface area contributed by atoms with Crippen molar-refractivity contribution < 1.29 is 14.8 Å². The van der Waals surface area contributed by atoms with Gasteiger partial charge in [0.2, 0.25) is 0 Å². The van der Waals surface area contributed by atoms with Gasteiger partial charge >= 0.3 is 5.97 Å². The molecule has 0 saturated carbocycles. The first kappa shape index (κ1) is 17.4. The van der Waals surface area contributed by atoms with Gasteiger partial charge in [0.15, 0.2) is 0 Å². The van der Waals surface area contributed by atoms with Crippen LogP contribution in [0.15, 0.2) is 24.3 Å². The number of carboxylic acids is 1. The Balaban J connectivity index is 0.00000220. The third-order valence-electron chi connectivity index (χ3n) is 4.01. The molecule has 1 aliphatic rings. The van der Waals surface area contributed by atoms with E-state index in [-0.39, 0.29) is 35.0 Å². The molecule has 0 bridgehead atoms. The summed E-state index contributed by atoms with van der Waals surface area (Å²) in [5, 5.41) is 20.0. The van der Waals surface area contributed by atoms with Crippen molar-refractivity contribution in [2.24, 2.45) is 5.92 Å². The number of hydrogen-bond acceptors (Lipinski definition) is 4. The molecule has 1 aromatic rings. The van der Waals surface area contributed by atoms with E-state index in [1.54, 1.807) is 18.2 Å². The van der Waals surface area contributed by atoms with E-state index >= 15 is 0 Å². The van der Waals surface area contributed by atoms with Gasteiger partial charge in [0.25, 0.3) is 5.69 Å². The number of carboxylic acid groups (broad SMARTS) is 1. The monoisotopic (exact) mass is 314 g/mol. The maximum absolute atomic E-state index is 11.1. The molecule has 1 aliphatic heterocycles. The van der Waals surface area contributed by atoms with Crippen LogP contribution in [0.5, 0.6) is 0 Å². The molecule has 0 aromatic heterocycles. The summed E-state index contributed by atoms with van der Waals surface area (Å²) in [6.07, 6.45) is 1.20. The Morgan fingerprint density at radius 1 is 1.38 bits per heavy atom. The van der Waals surface area contributed by atoms with Gasteiger partial charge in [0.1, 0.15) is 0 Å². The summed E-state index contributed by atoms with van der Waals surface area (Å²) in [5.74, 6) is -1.03. The predicted octanol–water partition coefficient (Wildman–Crippen LogP) is 2.87. The van der Waals surface area contributed by atoms with Crippen LogP contribution in [0.25, 0.3) is 0 Å². The predicted molar refractivity (Wildman–Crippen MR) is 80.7 cm³/mol. The molecule has 6 nitrogen and oxygen atoms in total. The molecule has 0 spiro atoms. The van der Waals surface area contributed by atoms with Gasteiger partial charge in [-0.3, -0.25) is 19.8 Å². The number of hydrogen-bond donors (Lipinski definition) is 1. The SMILES string of the molecule is CC(c1ccccc1[N+](=O)[O-])N1CCC(C(=O)O)CC1.Cl. The number of para-hydroxylation sites is 1. The molecule has 2 rings (SSSR count). The second kappa shape index (κ2) is 7.38. The molecule has 0 amide bonds. The van der Waals surface area contributed by atoms with Gasteiger partial charge in [0, 0.05) is 17.7 Å². The molecule has 1 heterocycles. The second-order valence-electron chi connectivity index (χ2n) is 5.14. The average molecular weight is 315 g/mol. The normalized spacial score (nSPS) is 17.8. The maximum Gasteiger partial charge on any atom is 0.306 e. The van der Waals surface area contributed by atoms with Crippen molar-refractivity contribution >= 4 is 24.1 Å². The van der Waals surface area contributed by atoms with Crippen molar-refractivity contribution in [2.75, 3.05) is 13.1 Å². The summed E-state index contributed by atoms with van der Waals surface area (Å²) in [6, 6.07) is 6.65. The number of rotatable bonds is 4. The number of likely N-dealkylation sites (tertiary alicyclic amines) is 1. The lowest BCUT2D eigenvalue weighted by Gasteiger charge is -2.34. The Labute approximate surface area is 129 Å². The Hall–Kier alpha value is -1.66. The molecule has 0 aliphatic carbocycles. The van der Waals surface area contributed by atoms with Gasteiger partial charge in [-0.2, -0.15) is 0 Å². The minimum atomic E-state index is -0.747. The number of aliphatic carboxylic acids is 1. The van der Waals surface area contributed by atoms with E-state index in [1.165, 1.54) is 6.07 Å². The lowest BCUT2D eigenvalue weighted by molar-refractivity contribution is -0.386. The molecular weight excluding hydrogens is 296 g/mol. The summed E-state index contributed by atoms with van der Waals surface area (Å²) in [7, 11) is 0. The fourth-order valence-electron chi connectivity index (χ4n) is 2.74. The number of carbonyl (C=O) groups is 1. The van der Waals surface area contributed by atoms with Gasteiger partial charge in [-0.25, -0.2) is 0 Å². The molecular formula is C14H19ClN2O4. The zero-order valence-corrected chi connectivity index (χ0v) is 12.6. The van der Waals surface area contributed by atoms with Gasteiger partial charge < -0.3 is 5.11 Å². The Kier molecular flexibility index (Phi) is 6.11. The van der Waals surface area contributed by atoms with Crippen LogP contribution in [0.3, 0.4) is 0 Å². The Bertz CT molecular complexity index is 515. The number of benzene rings is 1. The highest BCUT2D eigenvalue weighted by Gasteiger charge is 2.29. The van der Waals surface area contributed by atoms with Gasteiger partial charge in [0.05, 0.1) is 10.8 Å². The standard InChI is InChI=1S/C14H18N2O4.ClH/c1-10(12-4-2-3-5-13(12)16(19)20)15-8-6-11(7-9-15)14(17)18;/h2-5,10-11H,6-9H2,1H3,(H,17,18);1H. The van der Waals surface area contributed by atoms with E-state index < -0.39 is 5.97 Å². The summed E-state index contributed by atoms with van der Waals surface area (Å²) in [6.45, 7) is 3.25. The number of nitro groups is 1. The molecule has 21 heavy (non-hydrogen) atoms. The second-order valence-corrected chi connectivity index (χ2v) is 5.14. The molecule has 1 unspecified atom stereocenters. The van der Waals surface area contributed by atoms with E-state index in [4.69, 9.17) is 5.11 Å². The summed E-state index contributed by atoms with van der Waals surface area (Å²) >= 11 is 0. The largest absolute Gasteiger partial charge is 0.481 e. The molecule has 116 valence electrons. The van der Waals surface area contributed by atoms with Gasteiger partial charge in [-0.05, 0) is 32.9 Å². The summed E-state index contributed by atoms with van der Waals surface area (Å²) < 4.78 is 0. The molecule has 1 fully saturated rings. The molecule has 1 atom stereocenters. The minimum Gasteiger partial charge on any atom is -0.481 e. The first-order chi connectivity index (χ1) is 9.50. The third-order valence-corrected chi connectivity index (χ3v) is 4.01. The zero-order valence-electron chi connectivity index (χ0n) is 11.8. The number of nitro benzene ring substituents is 1. The fourth-order valence-corrected chi connectivity index (χ4v) is 2.74. The lowest BCUT2D eigenvalue weighted by atomic mass is 9.94. The van der Waals surface area contributed by atoms with Crippen molar-refractivity contribution in [3.05, 3.63) is 39.9 Å². The quantitative estimate of drug-likeness (QED) is 0.682. The minimum absolute atomic E-state index is 0. The summed E-state index contributed by atoms with van der Waals surface area (Å²) in [5.41, 5.74) is 0.812. The first-order valence-electron chi connectivity index (χ1n) is 6.71. The van der Waals surface area contributed by atoms with Crippen molar-refractivity contribution in [2.45, 2.75) is 25.8 Å². The van der Waals surface area contributed by atoms with E-state index in [9.17, 15) is 14.9 Å². The Morgan fingerprint density at radius 2 is 1.95 bits per heavy atom. The number of halogens is 1. The van der Waals surface area contributed by atoms with E-state index in [0.29, 0.717) is 31.5 Å². The number of piperidine rings is 1. The van der Waals surface area contributed by atoms with Crippen LogP contribution >= 0.6 is 12.4 Å². The van der Waals surface area contributed by atoms with Crippen LogP contribution in [0.2, 0.25) is 0 Å². The summed E-state index contributed by atoms with van der Waals surface area (Å²) in [4.78, 5) is 23.7. The molecule has 0 radical (unpaired) electrons. The van der Waals surface area contributed by atoms with Crippen LogP contribution in [-0.2, 0) is 4.79 Å². The molecule has 1 N–H and O–H groups in total. The van der Waals surface area contributed by atoms with Crippen molar-refractivity contribution in [1.29, 1.82) is 0 Å². The molecule has 1 aromatic carbocycles. The highest BCUT2D eigenvalue weighted by molar-refractivity contribution is 5.85. The fraction of sp³-hybridized carbons (Fsp3) is 0.500. The van der Waals surface area contributed by atoms with Crippen LogP contribution in [0, 0.1) is 16.0 Å². The van der Waals surface area contributed by atoms with E-state index in [0.717, 1.165) is 0 Å². The third kappa shape index (κ3) is 3.92. The van der Waals surface area contributed by atoms with Crippen LogP contribution in [0.4, 0.5) is 5.69 Å². The van der Waals surface area contributed by atoms with Crippen LogP contribution in [-0.4, -0.2) is 34.0 Å². The highest BCUT2D eigenvalue weighted by atomic mass is 35.5. The topological polar surface area (TPSA) is 83.7 Å². The van der Waals surface area contributed by atoms with Crippen molar-refractivity contribution in [1.82, 2.24) is 4.90 Å². The average Bonchev–Trinajstić information content (AvgIpc) is 2.46. The Morgan fingerprint density at radius 3 is 2.48 bits per heavy atom. The highest BCUT2D eigenvalue weighted by Crippen LogP contribution is 2.31. The maximum atomic E-state index is 11.1. The zero-order chi connectivity index (χ0) is 14.7. The van der Waals surface area contributed by atoms with Crippen molar-refractivity contribution in [3.8, 4) is 0 Å².